The van der Waals surface area contributed by atoms with Gasteiger partial charge in [0.15, 0.2) is 5.78 Å². The third kappa shape index (κ3) is 3.50. The zero-order valence-electron chi connectivity index (χ0n) is 9.92. The number of hydrogen-bond acceptors (Lipinski definition) is 1. The van der Waals surface area contributed by atoms with E-state index in [4.69, 9.17) is 0 Å². The monoisotopic (exact) mass is 204 g/mol. The predicted octanol–water partition coefficient (Wildman–Crippen LogP) is 4.18. The minimum Gasteiger partial charge on any atom is -0.295 e. The second-order valence-electron chi connectivity index (χ2n) is 4.22. The smallest absolute Gasteiger partial charge is 0.159 e. The molecule has 0 saturated carbocycles. The molecule has 0 radical (unpaired) electrons. The zero-order chi connectivity index (χ0) is 11.3. The molecule has 0 N–H and O–H groups in total. The molecule has 0 spiro atoms. The molecule has 1 unspecified atom stereocenters. The highest BCUT2D eigenvalue weighted by Gasteiger charge is 2.05. The standard InChI is InChI=1S/C14H20O/c1-4-5-6-11(2)13-7-9-14(10-8-13)12(3)15/h7-11H,4-6H2,1-3H3. The van der Waals surface area contributed by atoms with E-state index in [-0.39, 0.29) is 5.78 Å². The zero-order valence-corrected chi connectivity index (χ0v) is 9.92. The van der Waals surface area contributed by atoms with Gasteiger partial charge in [-0.25, -0.2) is 0 Å². The molecule has 0 heterocycles. The maximum Gasteiger partial charge on any atom is 0.159 e. The highest BCUT2D eigenvalue weighted by molar-refractivity contribution is 5.94. The summed E-state index contributed by atoms with van der Waals surface area (Å²) in [7, 11) is 0. The van der Waals surface area contributed by atoms with Crippen LogP contribution in [0.25, 0.3) is 0 Å². The number of rotatable bonds is 5. The van der Waals surface area contributed by atoms with Gasteiger partial charge >= 0.3 is 0 Å². The highest BCUT2D eigenvalue weighted by Crippen LogP contribution is 2.21. The molecule has 0 bridgehead atoms. The number of unbranched alkanes of at least 4 members (excludes halogenated alkanes) is 1. The number of ketones is 1. The Morgan fingerprint density at radius 2 is 1.87 bits per heavy atom. The summed E-state index contributed by atoms with van der Waals surface area (Å²) in [4.78, 5) is 11.1. The van der Waals surface area contributed by atoms with Gasteiger partial charge in [-0.1, -0.05) is 51.0 Å². The SMILES string of the molecule is CCCCC(C)c1ccc(C(C)=O)cc1. The van der Waals surface area contributed by atoms with Crippen LogP contribution in [0.15, 0.2) is 24.3 Å². The number of hydrogen-bond donors (Lipinski definition) is 0. The summed E-state index contributed by atoms with van der Waals surface area (Å²) in [5.41, 5.74) is 2.15. The molecule has 0 amide bonds. The second kappa shape index (κ2) is 5.69. The summed E-state index contributed by atoms with van der Waals surface area (Å²) in [5.74, 6) is 0.744. The number of carbonyl (C=O) groups is 1. The minimum absolute atomic E-state index is 0.141. The van der Waals surface area contributed by atoms with Crippen molar-refractivity contribution >= 4 is 5.78 Å². The van der Waals surface area contributed by atoms with E-state index in [0.717, 1.165) is 5.56 Å². The van der Waals surface area contributed by atoms with Gasteiger partial charge in [0.25, 0.3) is 0 Å². The lowest BCUT2D eigenvalue weighted by atomic mass is 9.94. The van der Waals surface area contributed by atoms with Gasteiger partial charge in [-0.15, -0.1) is 0 Å². The van der Waals surface area contributed by atoms with Gasteiger partial charge in [0.2, 0.25) is 0 Å². The number of Topliss-reactive ketones (excluding diaryl/α,β-unsaturated/α-hetero) is 1. The van der Waals surface area contributed by atoms with Gasteiger partial charge < -0.3 is 0 Å². The van der Waals surface area contributed by atoms with E-state index in [1.165, 1.54) is 24.8 Å². The molecule has 1 rings (SSSR count). The van der Waals surface area contributed by atoms with Crippen LogP contribution in [0, 0.1) is 0 Å². The van der Waals surface area contributed by atoms with Crippen molar-refractivity contribution in [1.29, 1.82) is 0 Å². The van der Waals surface area contributed by atoms with Crippen molar-refractivity contribution in [2.75, 3.05) is 0 Å². The van der Waals surface area contributed by atoms with Crippen molar-refractivity contribution in [3.8, 4) is 0 Å². The summed E-state index contributed by atoms with van der Waals surface area (Å²) < 4.78 is 0. The summed E-state index contributed by atoms with van der Waals surface area (Å²) in [5, 5.41) is 0. The van der Waals surface area contributed by atoms with Gasteiger partial charge in [0.05, 0.1) is 0 Å². The molecule has 1 heteroatoms. The second-order valence-corrected chi connectivity index (χ2v) is 4.22. The van der Waals surface area contributed by atoms with Gasteiger partial charge in [-0.3, -0.25) is 4.79 Å². The van der Waals surface area contributed by atoms with Crippen LogP contribution in [-0.2, 0) is 0 Å². The quantitative estimate of drug-likeness (QED) is 0.657. The average molecular weight is 204 g/mol. The van der Waals surface area contributed by atoms with Crippen LogP contribution in [-0.4, -0.2) is 5.78 Å². The van der Waals surface area contributed by atoms with Crippen molar-refractivity contribution in [2.45, 2.75) is 46.0 Å². The summed E-state index contributed by atoms with van der Waals surface area (Å²) in [6.45, 7) is 6.07. The third-order valence-electron chi connectivity index (χ3n) is 2.88. The van der Waals surface area contributed by atoms with E-state index in [2.05, 4.69) is 26.0 Å². The Labute approximate surface area is 92.5 Å². The maximum atomic E-state index is 11.1. The van der Waals surface area contributed by atoms with Crippen LogP contribution in [0.5, 0.6) is 0 Å². The molecule has 0 aliphatic heterocycles. The fraction of sp³-hybridized carbons (Fsp3) is 0.500. The van der Waals surface area contributed by atoms with Gasteiger partial charge in [0.1, 0.15) is 0 Å². The fourth-order valence-electron chi connectivity index (χ4n) is 1.72. The lowest BCUT2D eigenvalue weighted by Gasteiger charge is -2.11. The normalized spacial score (nSPS) is 12.5. The lowest BCUT2D eigenvalue weighted by molar-refractivity contribution is 0.101. The third-order valence-corrected chi connectivity index (χ3v) is 2.88. The van der Waals surface area contributed by atoms with E-state index in [1.54, 1.807) is 6.92 Å². The van der Waals surface area contributed by atoms with Crippen molar-refractivity contribution in [1.82, 2.24) is 0 Å². The molecular weight excluding hydrogens is 184 g/mol. The van der Waals surface area contributed by atoms with Crippen LogP contribution in [0.1, 0.15) is 61.9 Å². The Morgan fingerprint density at radius 1 is 1.27 bits per heavy atom. The molecule has 15 heavy (non-hydrogen) atoms. The summed E-state index contributed by atoms with van der Waals surface area (Å²) >= 11 is 0. The van der Waals surface area contributed by atoms with E-state index in [0.29, 0.717) is 5.92 Å². The minimum atomic E-state index is 0.141. The molecule has 0 fully saturated rings. The topological polar surface area (TPSA) is 17.1 Å². The Morgan fingerprint density at radius 3 is 2.33 bits per heavy atom. The predicted molar refractivity (Wildman–Crippen MR) is 64.4 cm³/mol. The van der Waals surface area contributed by atoms with E-state index in [9.17, 15) is 4.79 Å². The molecule has 1 aromatic rings. The first kappa shape index (κ1) is 12.0. The van der Waals surface area contributed by atoms with Crippen molar-refractivity contribution in [3.63, 3.8) is 0 Å². The highest BCUT2D eigenvalue weighted by atomic mass is 16.1. The first-order chi connectivity index (χ1) is 7.15. The molecular formula is C14H20O. The first-order valence-corrected chi connectivity index (χ1v) is 5.76. The van der Waals surface area contributed by atoms with E-state index >= 15 is 0 Å². The Bertz CT molecular complexity index is 311. The van der Waals surface area contributed by atoms with Crippen molar-refractivity contribution < 1.29 is 4.79 Å². The largest absolute Gasteiger partial charge is 0.295 e. The Balaban J connectivity index is 2.66. The Kier molecular flexibility index (Phi) is 4.54. The molecule has 1 nitrogen and oxygen atoms in total. The van der Waals surface area contributed by atoms with Crippen molar-refractivity contribution in [3.05, 3.63) is 35.4 Å². The van der Waals surface area contributed by atoms with Gasteiger partial charge in [-0.2, -0.15) is 0 Å². The van der Waals surface area contributed by atoms with Crippen LogP contribution in [0.3, 0.4) is 0 Å². The van der Waals surface area contributed by atoms with Crippen LogP contribution in [0.4, 0.5) is 0 Å². The lowest BCUT2D eigenvalue weighted by Crippen LogP contribution is -1.96. The molecule has 82 valence electrons. The molecule has 1 atom stereocenters. The maximum absolute atomic E-state index is 11.1. The average Bonchev–Trinajstić information content (AvgIpc) is 2.26. The van der Waals surface area contributed by atoms with Gasteiger partial charge in [0, 0.05) is 5.56 Å². The van der Waals surface area contributed by atoms with Crippen LogP contribution in [0.2, 0.25) is 0 Å². The Hall–Kier alpha value is -1.11. The molecule has 0 aromatic heterocycles. The molecule has 0 aliphatic rings. The number of benzene rings is 1. The first-order valence-electron chi connectivity index (χ1n) is 5.76. The fourth-order valence-corrected chi connectivity index (χ4v) is 1.72. The number of carbonyl (C=O) groups excluding carboxylic acids is 1. The van der Waals surface area contributed by atoms with Crippen LogP contribution >= 0.6 is 0 Å². The van der Waals surface area contributed by atoms with E-state index < -0.39 is 0 Å². The summed E-state index contributed by atoms with van der Waals surface area (Å²) in [6, 6.07) is 8.02. The van der Waals surface area contributed by atoms with Crippen molar-refractivity contribution in [2.24, 2.45) is 0 Å². The molecule has 0 saturated heterocycles. The van der Waals surface area contributed by atoms with E-state index in [1.807, 2.05) is 12.1 Å². The van der Waals surface area contributed by atoms with Crippen LogP contribution < -0.4 is 0 Å². The summed E-state index contributed by atoms with van der Waals surface area (Å²) in [6.07, 6.45) is 3.75. The molecule has 1 aromatic carbocycles. The molecule has 0 aliphatic carbocycles. The van der Waals surface area contributed by atoms with Gasteiger partial charge in [-0.05, 0) is 24.8 Å².